The predicted molar refractivity (Wildman–Crippen MR) is 102 cm³/mol. The van der Waals surface area contributed by atoms with Crippen molar-refractivity contribution in [2.45, 2.75) is 6.54 Å². The summed E-state index contributed by atoms with van der Waals surface area (Å²) >= 11 is 0. The predicted octanol–water partition coefficient (Wildman–Crippen LogP) is 2.47. The maximum atomic E-state index is 12.2. The number of rotatable bonds is 6. The van der Waals surface area contributed by atoms with Crippen LogP contribution in [-0.4, -0.2) is 27.7 Å². The van der Waals surface area contributed by atoms with Gasteiger partial charge in [0.1, 0.15) is 12.3 Å². The summed E-state index contributed by atoms with van der Waals surface area (Å²) in [6.45, 7) is -0.292. The second-order valence-corrected chi connectivity index (χ2v) is 5.80. The zero-order chi connectivity index (χ0) is 20.1. The molecule has 3 aromatic rings. The third kappa shape index (κ3) is 4.39. The molecule has 0 aliphatic rings. The number of aromatic nitrogens is 2. The highest BCUT2D eigenvalue weighted by atomic mass is 16.6. The van der Waals surface area contributed by atoms with Crippen LogP contribution in [-0.2, 0) is 11.3 Å². The molecule has 0 radical (unpaired) electrons. The van der Waals surface area contributed by atoms with Gasteiger partial charge in [0, 0.05) is 29.4 Å². The van der Waals surface area contributed by atoms with E-state index in [4.69, 9.17) is 4.74 Å². The van der Waals surface area contributed by atoms with Gasteiger partial charge in [0.25, 0.3) is 11.2 Å². The van der Waals surface area contributed by atoms with Crippen LogP contribution in [0.15, 0.2) is 65.5 Å². The molecule has 0 fully saturated rings. The fourth-order valence-corrected chi connectivity index (χ4v) is 2.48. The van der Waals surface area contributed by atoms with Gasteiger partial charge in [0.2, 0.25) is 5.91 Å². The largest absolute Gasteiger partial charge is 0.497 e. The van der Waals surface area contributed by atoms with E-state index in [-0.39, 0.29) is 12.2 Å². The van der Waals surface area contributed by atoms with Gasteiger partial charge in [-0.2, -0.15) is 5.10 Å². The number of amides is 1. The van der Waals surface area contributed by atoms with Crippen LogP contribution < -0.4 is 15.6 Å². The topological polar surface area (TPSA) is 116 Å². The van der Waals surface area contributed by atoms with Gasteiger partial charge in [-0.15, -0.1) is 0 Å². The van der Waals surface area contributed by atoms with Crippen LogP contribution in [0.4, 0.5) is 11.4 Å². The van der Waals surface area contributed by atoms with E-state index >= 15 is 0 Å². The molecule has 9 nitrogen and oxygen atoms in total. The third-order valence-corrected chi connectivity index (χ3v) is 3.91. The number of nitrogens with one attached hydrogen (secondary N) is 1. The molecule has 142 valence electrons. The summed E-state index contributed by atoms with van der Waals surface area (Å²) in [7, 11) is 1.57. The number of nitrogens with zero attached hydrogens (tertiary/aromatic N) is 3. The molecule has 3 rings (SSSR count). The van der Waals surface area contributed by atoms with Crippen LogP contribution in [0.1, 0.15) is 0 Å². The number of nitro groups is 1. The Morgan fingerprint density at radius 1 is 1.11 bits per heavy atom. The van der Waals surface area contributed by atoms with Gasteiger partial charge in [-0.05, 0) is 42.5 Å². The van der Waals surface area contributed by atoms with Crippen molar-refractivity contribution in [3.63, 3.8) is 0 Å². The van der Waals surface area contributed by atoms with Crippen LogP contribution in [0, 0.1) is 10.1 Å². The van der Waals surface area contributed by atoms with E-state index in [1.807, 2.05) is 0 Å². The third-order valence-electron chi connectivity index (χ3n) is 3.91. The highest BCUT2D eigenvalue weighted by Gasteiger charge is 2.10. The van der Waals surface area contributed by atoms with Crippen molar-refractivity contribution < 1.29 is 14.5 Å². The van der Waals surface area contributed by atoms with E-state index in [9.17, 15) is 19.7 Å². The number of carbonyl (C=O) groups is 1. The van der Waals surface area contributed by atoms with Crippen molar-refractivity contribution in [3.8, 4) is 17.0 Å². The van der Waals surface area contributed by atoms with Crippen LogP contribution in [0.2, 0.25) is 0 Å². The molecule has 1 aromatic heterocycles. The minimum absolute atomic E-state index is 0.0805. The SMILES string of the molecule is COc1ccc(-c2ccc(=O)n(CC(=O)Nc3ccc([N+](=O)[O-])cc3)n2)cc1. The molecule has 9 heteroatoms. The molecule has 0 aliphatic heterocycles. The molecule has 1 heterocycles. The van der Waals surface area contributed by atoms with Gasteiger partial charge in [0.15, 0.2) is 0 Å². The minimum atomic E-state index is -0.528. The zero-order valence-electron chi connectivity index (χ0n) is 14.9. The van der Waals surface area contributed by atoms with Crippen molar-refractivity contribution in [2.75, 3.05) is 12.4 Å². The lowest BCUT2D eigenvalue weighted by Gasteiger charge is -2.09. The Labute approximate surface area is 159 Å². The number of carbonyl (C=O) groups excluding carboxylic acids is 1. The van der Waals surface area contributed by atoms with E-state index in [1.165, 1.54) is 30.3 Å². The van der Waals surface area contributed by atoms with E-state index in [0.717, 1.165) is 10.2 Å². The molecule has 1 amide bonds. The second-order valence-electron chi connectivity index (χ2n) is 5.80. The fourth-order valence-electron chi connectivity index (χ4n) is 2.48. The Morgan fingerprint density at radius 2 is 1.79 bits per heavy atom. The smallest absolute Gasteiger partial charge is 0.269 e. The Bertz CT molecular complexity index is 1060. The number of hydrogen-bond acceptors (Lipinski definition) is 6. The van der Waals surface area contributed by atoms with Crippen LogP contribution in [0.5, 0.6) is 5.75 Å². The summed E-state index contributed by atoms with van der Waals surface area (Å²) < 4.78 is 6.17. The summed E-state index contributed by atoms with van der Waals surface area (Å²) in [5, 5.41) is 17.5. The number of non-ortho nitro benzene ring substituents is 1. The minimum Gasteiger partial charge on any atom is -0.497 e. The van der Waals surface area contributed by atoms with E-state index in [1.54, 1.807) is 37.4 Å². The first-order valence-electron chi connectivity index (χ1n) is 8.23. The molecule has 0 saturated carbocycles. The maximum absolute atomic E-state index is 12.2. The molecule has 2 aromatic carbocycles. The lowest BCUT2D eigenvalue weighted by molar-refractivity contribution is -0.384. The van der Waals surface area contributed by atoms with Crippen molar-refractivity contribution in [2.24, 2.45) is 0 Å². The number of methoxy groups -OCH3 is 1. The van der Waals surface area contributed by atoms with Crippen molar-refractivity contribution in [3.05, 3.63) is 81.1 Å². The molecular formula is C19H16N4O5. The first-order valence-corrected chi connectivity index (χ1v) is 8.23. The molecule has 0 bridgehead atoms. The van der Waals surface area contributed by atoms with Gasteiger partial charge in [-0.1, -0.05) is 0 Å². The summed E-state index contributed by atoms with van der Waals surface area (Å²) in [5.74, 6) is 0.217. The number of nitro benzene ring substituents is 1. The maximum Gasteiger partial charge on any atom is 0.269 e. The number of benzene rings is 2. The Morgan fingerprint density at radius 3 is 2.39 bits per heavy atom. The molecule has 28 heavy (non-hydrogen) atoms. The average Bonchev–Trinajstić information content (AvgIpc) is 2.70. The van der Waals surface area contributed by atoms with Crippen LogP contribution in [0.25, 0.3) is 11.3 Å². The van der Waals surface area contributed by atoms with Gasteiger partial charge in [0.05, 0.1) is 17.7 Å². The molecule has 0 aliphatic carbocycles. The summed E-state index contributed by atoms with van der Waals surface area (Å²) in [6, 6.07) is 15.5. The Kier molecular flexibility index (Phi) is 5.45. The van der Waals surface area contributed by atoms with E-state index in [0.29, 0.717) is 17.1 Å². The zero-order valence-corrected chi connectivity index (χ0v) is 14.9. The van der Waals surface area contributed by atoms with E-state index < -0.39 is 16.4 Å². The molecule has 0 atom stereocenters. The Balaban J connectivity index is 1.74. The second kappa shape index (κ2) is 8.12. The summed E-state index contributed by atoms with van der Waals surface area (Å²) in [6.07, 6.45) is 0. The quantitative estimate of drug-likeness (QED) is 0.519. The van der Waals surface area contributed by atoms with E-state index in [2.05, 4.69) is 10.4 Å². The monoisotopic (exact) mass is 380 g/mol. The number of ether oxygens (including phenoxy) is 1. The molecular weight excluding hydrogens is 364 g/mol. The van der Waals surface area contributed by atoms with Gasteiger partial charge < -0.3 is 10.1 Å². The summed E-state index contributed by atoms with van der Waals surface area (Å²) in [4.78, 5) is 34.4. The molecule has 1 N–H and O–H groups in total. The molecule has 0 saturated heterocycles. The van der Waals surface area contributed by atoms with Gasteiger partial charge in [-0.3, -0.25) is 19.7 Å². The van der Waals surface area contributed by atoms with Crippen molar-refractivity contribution in [1.82, 2.24) is 9.78 Å². The Hall–Kier alpha value is -4.01. The fraction of sp³-hybridized carbons (Fsp3) is 0.105. The number of hydrogen-bond donors (Lipinski definition) is 1. The van der Waals surface area contributed by atoms with Crippen LogP contribution >= 0.6 is 0 Å². The van der Waals surface area contributed by atoms with Crippen LogP contribution in [0.3, 0.4) is 0 Å². The lowest BCUT2D eigenvalue weighted by atomic mass is 10.1. The highest BCUT2D eigenvalue weighted by molar-refractivity contribution is 5.90. The van der Waals surface area contributed by atoms with Gasteiger partial charge in [-0.25, -0.2) is 4.68 Å². The van der Waals surface area contributed by atoms with Crippen molar-refractivity contribution in [1.29, 1.82) is 0 Å². The first-order chi connectivity index (χ1) is 13.5. The lowest BCUT2D eigenvalue weighted by Crippen LogP contribution is -2.29. The average molecular weight is 380 g/mol. The molecule has 0 unspecified atom stereocenters. The molecule has 0 spiro atoms. The first kappa shape index (κ1) is 18.8. The highest BCUT2D eigenvalue weighted by Crippen LogP contribution is 2.19. The normalized spacial score (nSPS) is 10.3. The van der Waals surface area contributed by atoms with Gasteiger partial charge >= 0.3 is 0 Å². The standard InChI is InChI=1S/C19H16N4O5/c1-28-16-8-2-13(3-9-16)17-10-11-19(25)22(21-17)12-18(24)20-14-4-6-15(7-5-14)23(26)27/h2-11H,12H2,1H3,(H,20,24). The van der Waals surface area contributed by atoms with Crippen molar-refractivity contribution >= 4 is 17.3 Å². The summed E-state index contributed by atoms with van der Waals surface area (Å²) in [5.41, 5.74) is 1.19. The number of anilines is 1.